The number of aliphatic carboxylic acids is 1. The Kier molecular flexibility index (Phi) is 5.32. The van der Waals surface area contributed by atoms with Crippen LogP contribution in [0.25, 0.3) is 0 Å². The Hall–Kier alpha value is -2.08. The summed E-state index contributed by atoms with van der Waals surface area (Å²) in [5.41, 5.74) is 1.13. The molecule has 0 radical (unpaired) electrons. The number of benzene rings is 1. The van der Waals surface area contributed by atoms with Crippen LogP contribution in [0.3, 0.4) is 0 Å². The van der Waals surface area contributed by atoms with Crippen molar-refractivity contribution >= 4 is 11.9 Å². The van der Waals surface area contributed by atoms with E-state index >= 15 is 0 Å². The molecule has 0 aliphatic rings. The van der Waals surface area contributed by atoms with Crippen molar-refractivity contribution in [3.63, 3.8) is 0 Å². The third-order valence-corrected chi connectivity index (χ3v) is 2.62. The molecule has 6 nitrogen and oxygen atoms in total. The minimum atomic E-state index is -1.19. The monoisotopic (exact) mass is 267 g/mol. The van der Waals surface area contributed by atoms with Gasteiger partial charge in [-0.15, -0.1) is 0 Å². The molecular weight excluding hydrogens is 250 g/mol. The number of rotatable bonds is 6. The Bertz CT molecular complexity index is 472. The molecule has 1 amide bonds. The molecule has 0 spiro atoms. The molecule has 0 aliphatic carbocycles. The molecule has 19 heavy (non-hydrogen) atoms. The van der Waals surface area contributed by atoms with Gasteiger partial charge >= 0.3 is 5.97 Å². The number of hydrogen-bond acceptors (Lipinski definition) is 4. The van der Waals surface area contributed by atoms with E-state index in [1.54, 1.807) is 18.2 Å². The van der Waals surface area contributed by atoms with E-state index in [9.17, 15) is 9.59 Å². The minimum absolute atomic E-state index is 0.0464. The molecule has 1 aromatic rings. The van der Waals surface area contributed by atoms with Crippen molar-refractivity contribution in [3.05, 3.63) is 29.3 Å². The second-order valence-electron chi connectivity index (χ2n) is 4.08. The van der Waals surface area contributed by atoms with Crippen LogP contribution >= 0.6 is 0 Å². The highest BCUT2D eigenvalue weighted by Gasteiger charge is 2.21. The summed E-state index contributed by atoms with van der Waals surface area (Å²) in [7, 11) is 1.43. The number of carboxylic acids is 1. The van der Waals surface area contributed by atoms with Crippen LogP contribution in [0.2, 0.25) is 0 Å². The van der Waals surface area contributed by atoms with Gasteiger partial charge in [0, 0.05) is 13.0 Å². The van der Waals surface area contributed by atoms with Gasteiger partial charge in [0.05, 0.1) is 12.7 Å². The largest absolute Gasteiger partial charge is 0.496 e. The van der Waals surface area contributed by atoms with Gasteiger partial charge in [0.15, 0.2) is 0 Å². The van der Waals surface area contributed by atoms with Crippen LogP contribution in [0, 0.1) is 6.92 Å². The summed E-state index contributed by atoms with van der Waals surface area (Å²) in [6.45, 7) is 1.50. The molecule has 0 aliphatic heterocycles. The van der Waals surface area contributed by atoms with Crippen molar-refractivity contribution in [1.82, 2.24) is 5.32 Å². The molecular formula is C13H17NO5. The van der Waals surface area contributed by atoms with Gasteiger partial charge in [-0.05, 0) is 19.1 Å². The molecule has 3 N–H and O–H groups in total. The van der Waals surface area contributed by atoms with Gasteiger partial charge in [0.25, 0.3) is 5.91 Å². The van der Waals surface area contributed by atoms with Crippen molar-refractivity contribution in [2.45, 2.75) is 19.4 Å². The first-order valence-electron chi connectivity index (χ1n) is 5.78. The summed E-state index contributed by atoms with van der Waals surface area (Å²) < 4.78 is 5.07. The maximum atomic E-state index is 12.0. The van der Waals surface area contributed by atoms with Crippen LogP contribution in [-0.2, 0) is 4.79 Å². The molecule has 0 saturated carbocycles. The number of ether oxygens (including phenoxy) is 1. The van der Waals surface area contributed by atoms with Gasteiger partial charge in [-0.1, -0.05) is 11.6 Å². The number of carbonyl (C=O) groups is 2. The lowest BCUT2D eigenvalue weighted by molar-refractivity contribution is -0.139. The predicted molar refractivity (Wildman–Crippen MR) is 68.3 cm³/mol. The third kappa shape index (κ3) is 3.96. The number of amides is 1. The fourth-order valence-electron chi connectivity index (χ4n) is 1.62. The predicted octanol–water partition coefficient (Wildman–Crippen LogP) is 0.569. The fourth-order valence-corrected chi connectivity index (χ4v) is 1.62. The van der Waals surface area contributed by atoms with Crippen molar-refractivity contribution in [1.29, 1.82) is 0 Å². The van der Waals surface area contributed by atoms with Crippen molar-refractivity contribution in [3.8, 4) is 5.75 Å². The first-order valence-corrected chi connectivity index (χ1v) is 5.78. The van der Waals surface area contributed by atoms with E-state index in [4.69, 9.17) is 14.9 Å². The average Bonchev–Trinajstić information content (AvgIpc) is 2.37. The zero-order chi connectivity index (χ0) is 14.4. The quantitative estimate of drug-likeness (QED) is 0.700. The normalized spacial score (nSPS) is 11.7. The number of carbonyl (C=O) groups excluding carboxylic acids is 1. The highest BCUT2D eigenvalue weighted by molar-refractivity contribution is 5.99. The SMILES string of the molecule is COc1ccc(C)cc1C(=O)N[C@@H](CCO)C(=O)O. The zero-order valence-corrected chi connectivity index (χ0v) is 10.8. The number of carboxylic acid groups (broad SMARTS) is 1. The average molecular weight is 267 g/mol. The minimum Gasteiger partial charge on any atom is -0.496 e. The summed E-state index contributed by atoms with van der Waals surface area (Å²) in [5, 5.41) is 20.1. The Labute approximate surface area is 111 Å². The summed E-state index contributed by atoms with van der Waals surface area (Å²) in [6.07, 6.45) is -0.0464. The highest BCUT2D eigenvalue weighted by atomic mass is 16.5. The summed E-state index contributed by atoms with van der Waals surface area (Å²) in [5.74, 6) is -1.35. The van der Waals surface area contributed by atoms with E-state index in [0.29, 0.717) is 5.75 Å². The fraction of sp³-hybridized carbons (Fsp3) is 0.385. The summed E-state index contributed by atoms with van der Waals surface area (Å²) in [4.78, 5) is 23.0. The maximum absolute atomic E-state index is 12.0. The molecule has 104 valence electrons. The van der Waals surface area contributed by atoms with Crippen LogP contribution in [0.5, 0.6) is 5.75 Å². The standard InChI is InChI=1S/C13H17NO5/c1-8-3-4-11(19-2)9(7-8)12(16)14-10(5-6-15)13(17)18/h3-4,7,10,15H,5-6H2,1-2H3,(H,14,16)(H,17,18)/t10-/m0/s1. The van der Waals surface area contributed by atoms with Crippen molar-refractivity contribution < 1.29 is 24.5 Å². The van der Waals surface area contributed by atoms with E-state index in [1.807, 2.05) is 6.92 Å². The van der Waals surface area contributed by atoms with E-state index in [2.05, 4.69) is 5.32 Å². The second-order valence-corrected chi connectivity index (χ2v) is 4.08. The van der Waals surface area contributed by atoms with Crippen molar-refractivity contribution in [2.24, 2.45) is 0 Å². The molecule has 0 saturated heterocycles. The van der Waals surface area contributed by atoms with Crippen LogP contribution in [-0.4, -0.2) is 41.8 Å². The molecule has 0 bridgehead atoms. The van der Waals surface area contributed by atoms with E-state index in [-0.39, 0.29) is 18.6 Å². The lowest BCUT2D eigenvalue weighted by Gasteiger charge is -2.15. The molecule has 1 atom stereocenters. The topological polar surface area (TPSA) is 95.9 Å². The smallest absolute Gasteiger partial charge is 0.326 e. The lowest BCUT2D eigenvalue weighted by Crippen LogP contribution is -2.41. The van der Waals surface area contributed by atoms with Crippen LogP contribution < -0.4 is 10.1 Å². The van der Waals surface area contributed by atoms with E-state index in [0.717, 1.165) is 5.56 Å². The highest BCUT2D eigenvalue weighted by Crippen LogP contribution is 2.19. The van der Waals surface area contributed by atoms with Crippen LogP contribution in [0.1, 0.15) is 22.3 Å². The van der Waals surface area contributed by atoms with Gasteiger partial charge in [0.1, 0.15) is 11.8 Å². The number of aliphatic hydroxyl groups excluding tert-OH is 1. The third-order valence-electron chi connectivity index (χ3n) is 2.62. The Morgan fingerprint density at radius 1 is 1.42 bits per heavy atom. The molecule has 0 heterocycles. The number of hydrogen-bond donors (Lipinski definition) is 3. The number of methoxy groups -OCH3 is 1. The van der Waals surface area contributed by atoms with E-state index < -0.39 is 17.9 Å². The van der Waals surface area contributed by atoms with Gasteiger partial charge in [0.2, 0.25) is 0 Å². The molecule has 0 aromatic heterocycles. The number of aliphatic hydroxyl groups is 1. The molecule has 1 rings (SSSR count). The molecule has 6 heteroatoms. The molecule has 0 fully saturated rings. The van der Waals surface area contributed by atoms with Crippen LogP contribution in [0.4, 0.5) is 0 Å². The zero-order valence-electron chi connectivity index (χ0n) is 10.8. The van der Waals surface area contributed by atoms with E-state index in [1.165, 1.54) is 7.11 Å². The second kappa shape index (κ2) is 6.75. The van der Waals surface area contributed by atoms with Crippen molar-refractivity contribution in [2.75, 3.05) is 13.7 Å². The Balaban J connectivity index is 2.93. The Morgan fingerprint density at radius 2 is 2.11 bits per heavy atom. The molecule has 1 aromatic carbocycles. The summed E-state index contributed by atoms with van der Waals surface area (Å²) >= 11 is 0. The molecule has 0 unspecified atom stereocenters. The number of nitrogens with one attached hydrogen (secondary N) is 1. The van der Waals surface area contributed by atoms with Gasteiger partial charge in [-0.25, -0.2) is 4.79 Å². The number of aryl methyl sites for hydroxylation is 1. The van der Waals surface area contributed by atoms with Gasteiger partial charge in [-0.3, -0.25) is 4.79 Å². The first-order chi connectivity index (χ1) is 8.99. The first kappa shape index (κ1) is 15.0. The van der Waals surface area contributed by atoms with Crippen LogP contribution in [0.15, 0.2) is 18.2 Å². The van der Waals surface area contributed by atoms with Gasteiger partial charge < -0.3 is 20.3 Å². The Morgan fingerprint density at radius 3 is 2.63 bits per heavy atom. The van der Waals surface area contributed by atoms with Gasteiger partial charge in [-0.2, -0.15) is 0 Å². The summed E-state index contributed by atoms with van der Waals surface area (Å²) in [6, 6.07) is 3.93. The lowest BCUT2D eigenvalue weighted by atomic mass is 10.1. The maximum Gasteiger partial charge on any atom is 0.326 e.